The molecule has 5 nitrogen and oxygen atoms in total. The Kier molecular flexibility index (Phi) is 5.58. The molecule has 2 amide bonds. The Bertz CT molecular complexity index is 1170. The van der Waals surface area contributed by atoms with Gasteiger partial charge in [0, 0.05) is 41.1 Å². The molecule has 6 heteroatoms. The Morgan fingerprint density at radius 3 is 2.41 bits per heavy atom. The average molecular weight is 446 g/mol. The van der Waals surface area contributed by atoms with E-state index in [9.17, 15) is 9.59 Å². The highest BCUT2D eigenvalue weighted by Crippen LogP contribution is 2.31. The van der Waals surface area contributed by atoms with Crippen LogP contribution in [0.2, 0.25) is 5.02 Å². The fourth-order valence-corrected chi connectivity index (χ4v) is 4.19. The van der Waals surface area contributed by atoms with Gasteiger partial charge in [0.25, 0.3) is 11.8 Å². The maximum absolute atomic E-state index is 13.1. The zero-order valence-electron chi connectivity index (χ0n) is 17.6. The molecule has 3 aromatic carbocycles. The Morgan fingerprint density at radius 1 is 0.906 bits per heavy atom. The van der Waals surface area contributed by atoms with Crippen molar-refractivity contribution in [1.29, 1.82) is 0 Å². The Morgan fingerprint density at radius 2 is 1.66 bits per heavy atom. The minimum absolute atomic E-state index is 0.0936. The molecule has 0 radical (unpaired) electrons. The predicted octanol–water partition coefficient (Wildman–Crippen LogP) is 5.05. The summed E-state index contributed by atoms with van der Waals surface area (Å²) in [6.45, 7) is 1.60. The van der Waals surface area contributed by atoms with Gasteiger partial charge in [-0.1, -0.05) is 35.9 Å². The Hall–Kier alpha value is -3.31. The van der Waals surface area contributed by atoms with Crippen LogP contribution in [0.15, 0.2) is 66.7 Å². The lowest BCUT2D eigenvalue weighted by Gasteiger charge is -2.32. The zero-order chi connectivity index (χ0) is 22.1. The van der Waals surface area contributed by atoms with Crippen LogP contribution < -0.4 is 15.5 Å². The van der Waals surface area contributed by atoms with Crippen molar-refractivity contribution in [3.63, 3.8) is 0 Å². The van der Waals surface area contributed by atoms with Gasteiger partial charge in [0.15, 0.2) is 0 Å². The summed E-state index contributed by atoms with van der Waals surface area (Å²) in [6, 6.07) is 21.0. The molecule has 1 fully saturated rings. The van der Waals surface area contributed by atoms with Crippen LogP contribution >= 0.6 is 11.6 Å². The quantitative estimate of drug-likeness (QED) is 0.577. The molecule has 2 aliphatic rings. The second-order valence-corrected chi connectivity index (χ2v) is 8.82. The molecule has 0 spiro atoms. The number of nitrogens with zero attached hydrogens (tertiary/aromatic N) is 1. The summed E-state index contributed by atoms with van der Waals surface area (Å²) in [5.74, 6) is -0.334. The number of carbonyl (C=O) groups is 2. The minimum atomic E-state index is -0.241. The zero-order valence-corrected chi connectivity index (χ0v) is 18.4. The van der Waals surface area contributed by atoms with E-state index in [4.69, 9.17) is 11.6 Å². The molecule has 0 atom stereocenters. The van der Waals surface area contributed by atoms with Gasteiger partial charge < -0.3 is 15.5 Å². The Balaban J connectivity index is 1.42. The number of hydrogen-bond donors (Lipinski definition) is 2. The highest BCUT2D eigenvalue weighted by atomic mass is 35.5. The fraction of sp³-hybridized carbons (Fsp3) is 0.231. The molecular weight excluding hydrogens is 422 g/mol. The van der Waals surface area contributed by atoms with Gasteiger partial charge in [-0.05, 0) is 72.9 Å². The van der Waals surface area contributed by atoms with Crippen molar-refractivity contribution < 1.29 is 9.59 Å². The van der Waals surface area contributed by atoms with Crippen LogP contribution in [0.5, 0.6) is 0 Å². The number of rotatable bonds is 5. The van der Waals surface area contributed by atoms with Crippen molar-refractivity contribution in [2.45, 2.75) is 31.8 Å². The van der Waals surface area contributed by atoms with Gasteiger partial charge in [-0.25, -0.2) is 0 Å². The predicted molar refractivity (Wildman–Crippen MR) is 128 cm³/mol. The van der Waals surface area contributed by atoms with E-state index in [1.165, 1.54) is 11.1 Å². The van der Waals surface area contributed by atoms with Crippen molar-refractivity contribution in [2.24, 2.45) is 0 Å². The molecule has 1 saturated carbocycles. The highest BCUT2D eigenvalue weighted by Gasteiger charge is 2.27. The van der Waals surface area contributed by atoms with Crippen molar-refractivity contribution in [3.8, 4) is 0 Å². The van der Waals surface area contributed by atoms with Crippen molar-refractivity contribution in [2.75, 3.05) is 16.8 Å². The van der Waals surface area contributed by atoms with E-state index in [0.717, 1.165) is 38.0 Å². The molecule has 0 saturated heterocycles. The van der Waals surface area contributed by atoms with Gasteiger partial charge in [-0.2, -0.15) is 0 Å². The van der Waals surface area contributed by atoms with E-state index in [1.807, 2.05) is 12.1 Å². The molecule has 0 bridgehead atoms. The summed E-state index contributed by atoms with van der Waals surface area (Å²) in [5, 5.41) is 6.58. The van der Waals surface area contributed by atoms with Crippen LogP contribution in [0.1, 0.15) is 44.7 Å². The van der Waals surface area contributed by atoms with Crippen molar-refractivity contribution in [1.82, 2.24) is 5.32 Å². The van der Waals surface area contributed by atoms with Crippen molar-refractivity contribution >= 4 is 34.8 Å². The third kappa shape index (κ3) is 4.48. The molecule has 5 rings (SSSR count). The number of benzene rings is 3. The van der Waals surface area contributed by atoms with Gasteiger partial charge in [0.05, 0.1) is 5.56 Å². The van der Waals surface area contributed by atoms with Gasteiger partial charge in [-0.15, -0.1) is 0 Å². The number of carbonyl (C=O) groups excluding carboxylic acids is 2. The summed E-state index contributed by atoms with van der Waals surface area (Å²) in [4.78, 5) is 28.0. The second kappa shape index (κ2) is 8.67. The first-order valence-electron chi connectivity index (χ1n) is 10.9. The normalized spacial score (nSPS) is 15.1. The summed E-state index contributed by atoms with van der Waals surface area (Å²) in [7, 11) is 0. The standard InChI is InChI=1S/C26H24ClN3O2/c27-20-7-5-18(6-8-20)25(31)29-22-11-12-24(23(15-22)26(32)28-21-9-10-21)30-14-13-17-3-1-2-4-19(17)16-30/h1-8,11-12,15,21H,9-10,13-14,16H2,(H,28,32)(H,29,31). The average Bonchev–Trinajstić information content (AvgIpc) is 3.63. The number of anilines is 2. The second-order valence-electron chi connectivity index (χ2n) is 8.38. The van der Waals surface area contributed by atoms with Gasteiger partial charge >= 0.3 is 0 Å². The summed E-state index contributed by atoms with van der Waals surface area (Å²) >= 11 is 5.92. The Labute approximate surface area is 192 Å². The number of halogens is 1. The topological polar surface area (TPSA) is 61.4 Å². The largest absolute Gasteiger partial charge is 0.366 e. The number of nitrogens with one attached hydrogen (secondary N) is 2. The SMILES string of the molecule is O=C(Nc1ccc(N2CCc3ccccc3C2)c(C(=O)NC2CC2)c1)c1ccc(Cl)cc1. The highest BCUT2D eigenvalue weighted by molar-refractivity contribution is 6.30. The molecule has 1 heterocycles. The van der Waals surface area contributed by atoms with E-state index >= 15 is 0 Å². The molecule has 0 aromatic heterocycles. The molecule has 32 heavy (non-hydrogen) atoms. The molecule has 0 unspecified atom stereocenters. The first-order valence-corrected chi connectivity index (χ1v) is 11.3. The lowest BCUT2D eigenvalue weighted by molar-refractivity contribution is 0.0950. The maximum atomic E-state index is 13.1. The van der Waals surface area contributed by atoms with E-state index in [2.05, 4.69) is 39.8 Å². The summed E-state index contributed by atoms with van der Waals surface area (Å²) in [6.07, 6.45) is 2.98. The fourth-order valence-electron chi connectivity index (χ4n) is 4.07. The van der Waals surface area contributed by atoms with Crippen LogP contribution in [-0.4, -0.2) is 24.4 Å². The van der Waals surface area contributed by atoms with Crippen LogP contribution in [0.3, 0.4) is 0 Å². The van der Waals surface area contributed by atoms with E-state index in [0.29, 0.717) is 21.8 Å². The number of hydrogen-bond acceptors (Lipinski definition) is 3. The molecule has 162 valence electrons. The third-order valence-electron chi connectivity index (χ3n) is 5.99. The summed E-state index contributed by atoms with van der Waals surface area (Å²) in [5.41, 5.74) is 5.22. The smallest absolute Gasteiger partial charge is 0.255 e. The lowest BCUT2D eigenvalue weighted by Crippen LogP contribution is -2.33. The monoisotopic (exact) mass is 445 g/mol. The number of amides is 2. The van der Waals surface area contributed by atoms with E-state index < -0.39 is 0 Å². The van der Waals surface area contributed by atoms with Gasteiger partial charge in [0.1, 0.15) is 0 Å². The lowest BCUT2D eigenvalue weighted by atomic mass is 9.98. The first-order chi connectivity index (χ1) is 15.6. The maximum Gasteiger partial charge on any atom is 0.255 e. The third-order valence-corrected chi connectivity index (χ3v) is 6.24. The van der Waals surface area contributed by atoms with Crippen LogP contribution in [-0.2, 0) is 13.0 Å². The summed E-state index contributed by atoms with van der Waals surface area (Å²) < 4.78 is 0. The van der Waals surface area contributed by atoms with Gasteiger partial charge in [0.2, 0.25) is 0 Å². The molecule has 3 aromatic rings. The van der Waals surface area contributed by atoms with E-state index in [-0.39, 0.29) is 17.9 Å². The molecule has 2 N–H and O–H groups in total. The van der Waals surface area contributed by atoms with Crippen LogP contribution in [0, 0.1) is 0 Å². The van der Waals surface area contributed by atoms with Crippen molar-refractivity contribution in [3.05, 3.63) is 94.0 Å². The number of fused-ring (bicyclic) bond motifs is 1. The van der Waals surface area contributed by atoms with Crippen LogP contribution in [0.25, 0.3) is 0 Å². The minimum Gasteiger partial charge on any atom is -0.366 e. The molecule has 1 aliphatic carbocycles. The van der Waals surface area contributed by atoms with Gasteiger partial charge in [-0.3, -0.25) is 9.59 Å². The van der Waals surface area contributed by atoms with E-state index in [1.54, 1.807) is 30.3 Å². The first kappa shape index (κ1) is 20.6. The molecule has 1 aliphatic heterocycles. The van der Waals surface area contributed by atoms with Crippen LogP contribution in [0.4, 0.5) is 11.4 Å². The molecular formula is C26H24ClN3O2.